The number of methoxy groups -OCH3 is 1. The molecule has 0 bridgehead atoms. The Morgan fingerprint density at radius 1 is 1.31 bits per heavy atom. The van der Waals surface area contributed by atoms with Crippen molar-refractivity contribution in [3.63, 3.8) is 0 Å². The summed E-state index contributed by atoms with van der Waals surface area (Å²) in [5.41, 5.74) is 1.33. The molecule has 1 aromatic rings. The first kappa shape index (κ1) is 10.2. The van der Waals surface area contributed by atoms with E-state index in [0.29, 0.717) is 0 Å². The maximum Gasteiger partial charge on any atom is 0.0462 e. The van der Waals surface area contributed by atoms with Crippen molar-refractivity contribution in [1.82, 2.24) is 4.98 Å². The van der Waals surface area contributed by atoms with Crippen LogP contribution in [-0.2, 0) is 11.2 Å². The maximum absolute atomic E-state index is 4.98. The van der Waals surface area contributed by atoms with Crippen molar-refractivity contribution in [3.05, 3.63) is 30.1 Å². The Morgan fingerprint density at radius 3 is 2.92 bits per heavy atom. The van der Waals surface area contributed by atoms with Gasteiger partial charge in [-0.05, 0) is 30.9 Å². The van der Waals surface area contributed by atoms with Crippen molar-refractivity contribution in [2.45, 2.75) is 25.7 Å². The second-order valence-electron chi connectivity index (χ2n) is 3.16. The van der Waals surface area contributed by atoms with E-state index in [2.05, 4.69) is 11.1 Å². The van der Waals surface area contributed by atoms with Gasteiger partial charge >= 0.3 is 0 Å². The van der Waals surface area contributed by atoms with Gasteiger partial charge in [-0.1, -0.05) is 12.5 Å². The summed E-state index contributed by atoms with van der Waals surface area (Å²) < 4.78 is 4.98. The van der Waals surface area contributed by atoms with E-state index in [9.17, 15) is 0 Å². The highest BCUT2D eigenvalue weighted by molar-refractivity contribution is 5.08. The minimum atomic E-state index is 0.882. The Bertz CT molecular complexity index is 211. The summed E-state index contributed by atoms with van der Waals surface area (Å²) >= 11 is 0. The number of hydrogen-bond donors (Lipinski definition) is 0. The monoisotopic (exact) mass is 179 g/mol. The summed E-state index contributed by atoms with van der Waals surface area (Å²) in [5.74, 6) is 0. The van der Waals surface area contributed by atoms with Crippen LogP contribution < -0.4 is 0 Å². The molecule has 0 radical (unpaired) electrons. The van der Waals surface area contributed by atoms with Gasteiger partial charge in [-0.25, -0.2) is 0 Å². The van der Waals surface area contributed by atoms with Crippen LogP contribution in [-0.4, -0.2) is 18.7 Å². The van der Waals surface area contributed by atoms with E-state index >= 15 is 0 Å². The van der Waals surface area contributed by atoms with Gasteiger partial charge < -0.3 is 4.74 Å². The standard InChI is InChI=1S/C11H17NO/c1-13-9-4-2-3-6-11-7-5-8-12-10-11/h5,7-8,10H,2-4,6,9H2,1H3. The van der Waals surface area contributed by atoms with Crippen LogP contribution in [0, 0.1) is 0 Å². The molecular formula is C11H17NO. The van der Waals surface area contributed by atoms with E-state index < -0.39 is 0 Å². The van der Waals surface area contributed by atoms with Crippen LogP contribution in [0.15, 0.2) is 24.5 Å². The average molecular weight is 179 g/mol. The summed E-state index contributed by atoms with van der Waals surface area (Å²) in [7, 11) is 1.75. The lowest BCUT2D eigenvalue weighted by molar-refractivity contribution is 0.192. The van der Waals surface area contributed by atoms with Gasteiger partial charge in [-0.2, -0.15) is 0 Å². The number of aryl methyl sites for hydroxylation is 1. The van der Waals surface area contributed by atoms with Gasteiger partial charge in [-0.3, -0.25) is 4.98 Å². The van der Waals surface area contributed by atoms with Crippen molar-refractivity contribution in [2.75, 3.05) is 13.7 Å². The Hall–Kier alpha value is -0.890. The molecule has 1 rings (SSSR count). The van der Waals surface area contributed by atoms with Crippen molar-refractivity contribution < 1.29 is 4.74 Å². The number of pyridine rings is 1. The van der Waals surface area contributed by atoms with E-state index in [1.165, 1.54) is 18.4 Å². The van der Waals surface area contributed by atoms with Gasteiger partial charge in [0.1, 0.15) is 0 Å². The fraction of sp³-hybridized carbons (Fsp3) is 0.545. The predicted molar refractivity (Wildman–Crippen MR) is 53.7 cm³/mol. The van der Waals surface area contributed by atoms with Gasteiger partial charge in [0.25, 0.3) is 0 Å². The molecule has 72 valence electrons. The smallest absolute Gasteiger partial charge is 0.0462 e. The average Bonchev–Trinajstić information content (AvgIpc) is 2.19. The van der Waals surface area contributed by atoms with Crippen molar-refractivity contribution in [2.24, 2.45) is 0 Å². The Balaban J connectivity index is 2.07. The van der Waals surface area contributed by atoms with Gasteiger partial charge in [0.15, 0.2) is 0 Å². The Labute approximate surface area is 80.0 Å². The summed E-state index contributed by atoms with van der Waals surface area (Å²) in [6, 6.07) is 4.12. The Morgan fingerprint density at radius 2 is 2.23 bits per heavy atom. The second-order valence-corrected chi connectivity index (χ2v) is 3.16. The number of ether oxygens (including phenoxy) is 1. The van der Waals surface area contributed by atoms with Gasteiger partial charge in [-0.15, -0.1) is 0 Å². The highest BCUT2D eigenvalue weighted by Crippen LogP contribution is 2.04. The number of unbranched alkanes of at least 4 members (excludes halogenated alkanes) is 2. The molecule has 0 aliphatic rings. The zero-order valence-electron chi connectivity index (χ0n) is 8.20. The quantitative estimate of drug-likeness (QED) is 0.626. The molecule has 0 spiro atoms. The third kappa shape index (κ3) is 4.63. The molecule has 0 saturated heterocycles. The summed E-state index contributed by atoms with van der Waals surface area (Å²) in [6.45, 7) is 0.882. The molecule has 0 saturated carbocycles. The summed E-state index contributed by atoms with van der Waals surface area (Å²) in [6.07, 6.45) is 8.52. The lowest BCUT2D eigenvalue weighted by Crippen LogP contribution is -1.90. The van der Waals surface area contributed by atoms with E-state index in [1.54, 1.807) is 7.11 Å². The van der Waals surface area contributed by atoms with E-state index in [0.717, 1.165) is 19.4 Å². The maximum atomic E-state index is 4.98. The fourth-order valence-electron chi connectivity index (χ4n) is 1.30. The molecule has 0 aliphatic heterocycles. The van der Waals surface area contributed by atoms with Crippen molar-refractivity contribution in [3.8, 4) is 0 Å². The molecular weight excluding hydrogens is 162 g/mol. The first-order chi connectivity index (χ1) is 6.43. The van der Waals surface area contributed by atoms with Gasteiger partial charge in [0, 0.05) is 26.1 Å². The van der Waals surface area contributed by atoms with Crippen LogP contribution in [0.3, 0.4) is 0 Å². The third-order valence-electron chi connectivity index (χ3n) is 2.04. The van der Waals surface area contributed by atoms with Gasteiger partial charge in [0.2, 0.25) is 0 Å². The number of hydrogen-bond acceptors (Lipinski definition) is 2. The largest absolute Gasteiger partial charge is 0.385 e. The minimum Gasteiger partial charge on any atom is -0.385 e. The van der Waals surface area contributed by atoms with Crippen LogP contribution in [0.4, 0.5) is 0 Å². The zero-order valence-corrected chi connectivity index (χ0v) is 8.20. The SMILES string of the molecule is COCCCCCc1cccnc1. The van der Waals surface area contributed by atoms with Crippen LogP contribution in [0.2, 0.25) is 0 Å². The molecule has 1 aromatic heterocycles. The lowest BCUT2D eigenvalue weighted by Gasteiger charge is -2.00. The molecule has 0 amide bonds. The molecule has 0 atom stereocenters. The third-order valence-corrected chi connectivity index (χ3v) is 2.04. The number of aromatic nitrogens is 1. The van der Waals surface area contributed by atoms with E-state index in [4.69, 9.17) is 4.74 Å². The predicted octanol–water partition coefficient (Wildman–Crippen LogP) is 2.44. The molecule has 2 heteroatoms. The summed E-state index contributed by atoms with van der Waals surface area (Å²) in [4.78, 5) is 4.08. The molecule has 0 fully saturated rings. The summed E-state index contributed by atoms with van der Waals surface area (Å²) in [5, 5.41) is 0. The second kappa shape index (κ2) is 6.61. The lowest BCUT2D eigenvalue weighted by atomic mass is 10.1. The van der Waals surface area contributed by atoms with Crippen LogP contribution in [0.1, 0.15) is 24.8 Å². The first-order valence-corrected chi connectivity index (χ1v) is 4.81. The van der Waals surface area contributed by atoms with Crippen LogP contribution >= 0.6 is 0 Å². The molecule has 0 N–H and O–H groups in total. The molecule has 0 unspecified atom stereocenters. The molecule has 2 nitrogen and oxygen atoms in total. The molecule has 0 aromatic carbocycles. The topological polar surface area (TPSA) is 22.1 Å². The zero-order chi connectivity index (χ0) is 9.36. The highest BCUT2D eigenvalue weighted by atomic mass is 16.5. The molecule has 0 aliphatic carbocycles. The van der Waals surface area contributed by atoms with Crippen LogP contribution in [0.5, 0.6) is 0 Å². The molecule has 1 heterocycles. The van der Waals surface area contributed by atoms with Crippen LogP contribution in [0.25, 0.3) is 0 Å². The Kier molecular flexibility index (Phi) is 5.18. The van der Waals surface area contributed by atoms with Crippen molar-refractivity contribution in [1.29, 1.82) is 0 Å². The van der Waals surface area contributed by atoms with E-state index in [1.807, 2.05) is 18.5 Å². The highest BCUT2D eigenvalue weighted by Gasteiger charge is 1.92. The van der Waals surface area contributed by atoms with Gasteiger partial charge in [0.05, 0.1) is 0 Å². The normalized spacial score (nSPS) is 10.2. The number of rotatable bonds is 6. The van der Waals surface area contributed by atoms with E-state index in [-0.39, 0.29) is 0 Å². The first-order valence-electron chi connectivity index (χ1n) is 4.81. The molecule has 13 heavy (non-hydrogen) atoms. The minimum absolute atomic E-state index is 0.882. The fourth-order valence-corrected chi connectivity index (χ4v) is 1.30. The van der Waals surface area contributed by atoms with Crippen molar-refractivity contribution >= 4 is 0 Å². The number of nitrogens with zero attached hydrogens (tertiary/aromatic N) is 1.